The summed E-state index contributed by atoms with van der Waals surface area (Å²) in [6.45, 7) is 8.51. The van der Waals surface area contributed by atoms with Crippen LogP contribution in [-0.4, -0.2) is 10.2 Å². The molecule has 0 saturated heterocycles. The maximum Gasteiger partial charge on any atom is 0.417 e. The zero-order valence-electron chi connectivity index (χ0n) is 15.5. The van der Waals surface area contributed by atoms with Crippen LogP contribution in [0, 0.1) is 0 Å². The summed E-state index contributed by atoms with van der Waals surface area (Å²) >= 11 is 1.55. The number of carbonyl (C=O) groups is 2. The lowest BCUT2D eigenvalue weighted by Gasteiger charge is -2.12. The van der Waals surface area contributed by atoms with Gasteiger partial charge in [-0.05, 0) is 77.5 Å². The molecule has 0 bridgehead atoms. The molecule has 0 radical (unpaired) electrons. The second kappa shape index (κ2) is 9.80. The second-order valence-electron chi connectivity index (χ2n) is 5.95. The van der Waals surface area contributed by atoms with Crippen molar-refractivity contribution in [2.45, 2.75) is 22.9 Å². The average Bonchev–Trinajstić information content (AvgIpc) is 2.67. The van der Waals surface area contributed by atoms with E-state index in [2.05, 4.69) is 13.2 Å². The first-order chi connectivity index (χ1) is 13.6. The Hall–Kier alpha value is -2.51. The van der Waals surface area contributed by atoms with E-state index in [1.165, 1.54) is 12.1 Å². The summed E-state index contributed by atoms with van der Waals surface area (Å²) in [6.07, 6.45) is -0.376. The number of alkyl halides is 3. The molecule has 2 rings (SSSR count). The Balaban J connectivity index is 2.21. The number of benzene rings is 2. The SMILES string of the molecule is C=CC(=O)Sc1ccc(/C=C/c2ccc(SC(=O)C(=C)C)cc2)cc1C(F)(F)F. The Morgan fingerprint density at radius 1 is 0.966 bits per heavy atom. The molecule has 0 aliphatic carbocycles. The van der Waals surface area contributed by atoms with Crippen molar-refractivity contribution in [3.05, 3.63) is 84.0 Å². The predicted octanol–water partition coefficient (Wildman–Crippen LogP) is 6.88. The molecule has 2 aromatic carbocycles. The minimum Gasteiger partial charge on any atom is -0.282 e. The number of hydrogen-bond acceptors (Lipinski definition) is 4. The van der Waals surface area contributed by atoms with Crippen molar-refractivity contribution in [1.29, 1.82) is 0 Å². The Kier molecular flexibility index (Phi) is 7.70. The highest BCUT2D eigenvalue weighted by Crippen LogP contribution is 2.38. The van der Waals surface area contributed by atoms with Gasteiger partial charge >= 0.3 is 6.18 Å². The van der Waals surface area contributed by atoms with Crippen LogP contribution in [0.2, 0.25) is 0 Å². The van der Waals surface area contributed by atoms with E-state index in [1.807, 2.05) is 0 Å². The zero-order valence-corrected chi connectivity index (χ0v) is 17.1. The standard InChI is InChI=1S/C22H17F3O2S2/c1-4-20(26)29-19-12-9-16(13-18(19)22(23,24)25)6-5-15-7-10-17(11-8-15)28-21(27)14(2)3/h4-13H,1-2H2,3H3/b6-5+. The summed E-state index contributed by atoms with van der Waals surface area (Å²) in [7, 11) is 0. The van der Waals surface area contributed by atoms with Gasteiger partial charge in [0.05, 0.1) is 5.56 Å². The fourth-order valence-electron chi connectivity index (χ4n) is 2.15. The zero-order chi connectivity index (χ0) is 21.6. The van der Waals surface area contributed by atoms with E-state index in [1.54, 1.807) is 43.3 Å². The van der Waals surface area contributed by atoms with Crippen molar-refractivity contribution < 1.29 is 22.8 Å². The molecule has 29 heavy (non-hydrogen) atoms. The van der Waals surface area contributed by atoms with Crippen molar-refractivity contribution in [2.24, 2.45) is 0 Å². The first-order valence-electron chi connectivity index (χ1n) is 8.31. The summed E-state index contributed by atoms with van der Waals surface area (Å²) in [6, 6.07) is 10.8. The normalized spacial score (nSPS) is 11.4. The molecule has 0 aliphatic rings. The molecular weight excluding hydrogens is 417 g/mol. The van der Waals surface area contributed by atoms with Crippen LogP contribution in [0.15, 0.2) is 77.1 Å². The van der Waals surface area contributed by atoms with Crippen LogP contribution in [-0.2, 0) is 15.8 Å². The Labute approximate surface area is 175 Å². The molecule has 0 atom stereocenters. The monoisotopic (exact) mass is 434 g/mol. The van der Waals surface area contributed by atoms with Crippen LogP contribution >= 0.6 is 23.5 Å². The lowest BCUT2D eigenvalue weighted by Crippen LogP contribution is -2.07. The molecule has 0 saturated carbocycles. The van der Waals surface area contributed by atoms with E-state index in [9.17, 15) is 22.8 Å². The summed E-state index contributed by atoms with van der Waals surface area (Å²) in [5.74, 6) is 0. The van der Waals surface area contributed by atoms with Crippen LogP contribution < -0.4 is 0 Å². The number of hydrogen-bond donors (Lipinski definition) is 0. The topological polar surface area (TPSA) is 34.1 Å². The van der Waals surface area contributed by atoms with Gasteiger partial charge in [-0.25, -0.2) is 0 Å². The quantitative estimate of drug-likeness (QED) is 0.282. The van der Waals surface area contributed by atoms with Gasteiger partial charge in [0, 0.05) is 9.79 Å². The van der Waals surface area contributed by atoms with E-state index >= 15 is 0 Å². The lowest BCUT2D eigenvalue weighted by molar-refractivity contribution is -0.139. The van der Waals surface area contributed by atoms with Crippen molar-refractivity contribution in [2.75, 3.05) is 0 Å². The van der Waals surface area contributed by atoms with Crippen LogP contribution in [0.25, 0.3) is 12.2 Å². The summed E-state index contributed by atoms with van der Waals surface area (Å²) < 4.78 is 40.0. The van der Waals surface area contributed by atoms with Gasteiger partial charge in [-0.15, -0.1) is 0 Å². The molecule has 0 heterocycles. The molecule has 150 valence electrons. The number of rotatable bonds is 6. The van der Waals surface area contributed by atoms with Crippen LogP contribution in [0.3, 0.4) is 0 Å². The van der Waals surface area contributed by atoms with Gasteiger partial charge in [0.2, 0.25) is 10.2 Å². The number of carbonyl (C=O) groups excluding carboxylic acids is 2. The third-order valence-corrected chi connectivity index (χ3v) is 5.58. The Bertz CT molecular complexity index is 975. The van der Waals surface area contributed by atoms with Crippen LogP contribution in [0.4, 0.5) is 13.2 Å². The van der Waals surface area contributed by atoms with Crippen molar-refractivity contribution >= 4 is 45.9 Å². The fraction of sp³-hybridized carbons (Fsp3) is 0.0909. The fourth-order valence-corrected chi connectivity index (χ4v) is 3.53. The Morgan fingerprint density at radius 2 is 1.55 bits per heavy atom. The Morgan fingerprint density at radius 3 is 2.10 bits per heavy atom. The largest absolute Gasteiger partial charge is 0.417 e. The van der Waals surface area contributed by atoms with Crippen molar-refractivity contribution in [3.63, 3.8) is 0 Å². The lowest BCUT2D eigenvalue weighted by atomic mass is 10.1. The minimum absolute atomic E-state index is 0.124. The molecule has 0 spiro atoms. The molecule has 0 aromatic heterocycles. The van der Waals surface area contributed by atoms with Gasteiger partial charge < -0.3 is 0 Å². The molecule has 7 heteroatoms. The third kappa shape index (κ3) is 6.80. The predicted molar refractivity (Wildman–Crippen MR) is 114 cm³/mol. The smallest absolute Gasteiger partial charge is 0.282 e. The van der Waals surface area contributed by atoms with E-state index in [0.717, 1.165) is 34.4 Å². The maximum absolute atomic E-state index is 13.3. The first kappa shape index (κ1) is 22.8. The molecule has 0 unspecified atom stereocenters. The summed E-state index contributed by atoms with van der Waals surface area (Å²) in [5, 5.41) is -0.678. The molecule has 0 fully saturated rings. The van der Waals surface area contributed by atoms with Crippen LogP contribution in [0.5, 0.6) is 0 Å². The molecule has 0 N–H and O–H groups in total. The van der Waals surface area contributed by atoms with Crippen LogP contribution in [0.1, 0.15) is 23.6 Å². The highest BCUT2D eigenvalue weighted by Gasteiger charge is 2.34. The molecule has 2 aromatic rings. The van der Waals surface area contributed by atoms with E-state index in [4.69, 9.17) is 0 Å². The van der Waals surface area contributed by atoms with Gasteiger partial charge in [-0.1, -0.05) is 43.5 Å². The van der Waals surface area contributed by atoms with Gasteiger partial charge in [0.25, 0.3) is 0 Å². The van der Waals surface area contributed by atoms with E-state index < -0.39 is 16.9 Å². The van der Waals surface area contributed by atoms with Crippen molar-refractivity contribution in [3.8, 4) is 0 Å². The van der Waals surface area contributed by atoms with Gasteiger partial charge in [-0.2, -0.15) is 13.2 Å². The molecule has 0 aliphatic heterocycles. The number of thioether (sulfide) groups is 2. The van der Waals surface area contributed by atoms with Gasteiger partial charge in [0.1, 0.15) is 0 Å². The summed E-state index contributed by atoms with van der Waals surface area (Å²) in [4.78, 5) is 23.7. The molecular formula is C22H17F3O2S2. The maximum atomic E-state index is 13.3. The second-order valence-corrected chi connectivity index (χ2v) is 8.04. The highest BCUT2D eigenvalue weighted by atomic mass is 32.2. The molecule has 0 amide bonds. The van der Waals surface area contributed by atoms with Gasteiger partial charge in [-0.3, -0.25) is 9.59 Å². The van der Waals surface area contributed by atoms with E-state index in [0.29, 0.717) is 22.9 Å². The summed E-state index contributed by atoms with van der Waals surface area (Å²) in [5.41, 5.74) is 0.704. The number of halogens is 3. The third-order valence-electron chi connectivity index (χ3n) is 3.59. The average molecular weight is 435 g/mol. The first-order valence-corrected chi connectivity index (χ1v) is 9.95. The van der Waals surface area contributed by atoms with Gasteiger partial charge in [0.15, 0.2) is 0 Å². The highest BCUT2D eigenvalue weighted by molar-refractivity contribution is 8.14. The van der Waals surface area contributed by atoms with E-state index in [-0.39, 0.29) is 10.0 Å². The van der Waals surface area contributed by atoms with Crippen molar-refractivity contribution in [1.82, 2.24) is 0 Å². The molecule has 2 nitrogen and oxygen atoms in total. The minimum atomic E-state index is -4.58.